The molecule has 6 heteroatoms. The van der Waals surface area contributed by atoms with E-state index in [2.05, 4.69) is 0 Å². The third kappa shape index (κ3) is 4.06. The number of hydrogen-bond acceptors (Lipinski definition) is 4. The van der Waals surface area contributed by atoms with Crippen molar-refractivity contribution in [3.05, 3.63) is 35.4 Å². The highest BCUT2D eigenvalue weighted by atomic mass is 19.1. The van der Waals surface area contributed by atoms with Crippen molar-refractivity contribution in [2.24, 2.45) is 0 Å². The van der Waals surface area contributed by atoms with Crippen molar-refractivity contribution >= 4 is 5.78 Å². The number of carbonyl (C=O) groups is 1. The normalized spacial score (nSPS) is 23.0. The van der Waals surface area contributed by atoms with E-state index in [0.29, 0.717) is 19.0 Å². The van der Waals surface area contributed by atoms with Gasteiger partial charge in [0.05, 0.1) is 18.2 Å². The Hall–Kier alpha value is -1.37. The molecule has 1 aliphatic rings. The zero-order valence-corrected chi connectivity index (χ0v) is 12.2. The van der Waals surface area contributed by atoms with Crippen molar-refractivity contribution in [2.75, 3.05) is 33.7 Å². The van der Waals surface area contributed by atoms with Crippen molar-refractivity contribution in [2.45, 2.75) is 18.6 Å². The maximum Gasteiger partial charge on any atom is 0.179 e. The summed E-state index contributed by atoms with van der Waals surface area (Å²) in [6.45, 7) is 1.14. The number of β-amino-alcohol motifs (C(OH)–C–C–N with tert-alkyl or cyclic N) is 1. The average molecular weight is 298 g/mol. The first-order valence-electron chi connectivity index (χ1n) is 6.92. The van der Waals surface area contributed by atoms with E-state index in [9.17, 15) is 18.7 Å². The van der Waals surface area contributed by atoms with Crippen LogP contribution in [0, 0.1) is 11.6 Å². The Morgan fingerprint density at radius 3 is 2.76 bits per heavy atom. The summed E-state index contributed by atoms with van der Waals surface area (Å²) in [4.78, 5) is 16.0. The Morgan fingerprint density at radius 2 is 2.14 bits per heavy atom. The van der Waals surface area contributed by atoms with E-state index in [1.807, 2.05) is 23.9 Å². The number of benzene rings is 1. The number of hydrogen-bond donors (Lipinski definition) is 1. The summed E-state index contributed by atoms with van der Waals surface area (Å²) >= 11 is 0. The molecule has 0 amide bonds. The van der Waals surface area contributed by atoms with E-state index >= 15 is 0 Å². The zero-order chi connectivity index (χ0) is 15.6. The highest BCUT2D eigenvalue weighted by Gasteiger charge is 2.32. The monoisotopic (exact) mass is 298 g/mol. The number of nitrogens with zero attached hydrogens (tertiary/aromatic N) is 2. The molecule has 2 rings (SSSR count). The summed E-state index contributed by atoms with van der Waals surface area (Å²) in [5, 5.41) is 9.76. The van der Waals surface area contributed by atoms with Crippen LogP contribution in [0.15, 0.2) is 18.2 Å². The summed E-state index contributed by atoms with van der Waals surface area (Å²) in [7, 11) is 3.84. The molecule has 0 radical (unpaired) electrons. The van der Waals surface area contributed by atoms with Crippen LogP contribution in [0.5, 0.6) is 0 Å². The molecule has 0 saturated carbocycles. The van der Waals surface area contributed by atoms with E-state index in [4.69, 9.17) is 0 Å². The molecular weight excluding hydrogens is 278 g/mol. The highest BCUT2D eigenvalue weighted by molar-refractivity contribution is 5.97. The molecule has 0 aliphatic carbocycles. The Bertz CT molecular complexity index is 522. The van der Waals surface area contributed by atoms with E-state index in [1.165, 1.54) is 6.07 Å². The van der Waals surface area contributed by atoms with Crippen LogP contribution in [0.4, 0.5) is 8.78 Å². The Labute approximate surface area is 123 Å². The fraction of sp³-hybridized carbons (Fsp3) is 0.533. The standard InChI is InChI=1S/C15H20F2N2O2/c1-18(2)7-11-6-12(20)8-19(11)9-15(21)13-4-3-10(16)5-14(13)17/h3-5,11-12,20H,6-9H2,1-2H3. The molecular formula is C15H20F2N2O2. The van der Waals surface area contributed by atoms with Crippen LogP contribution >= 0.6 is 0 Å². The van der Waals surface area contributed by atoms with Crippen LogP contribution < -0.4 is 0 Å². The number of rotatable bonds is 5. The van der Waals surface area contributed by atoms with Gasteiger partial charge in [-0.1, -0.05) is 0 Å². The van der Waals surface area contributed by atoms with Gasteiger partial charge in [0.15, 0.2) is 5.78 Å². The molecule has 0 aromatic heterocycles. The number of likely N-dealkylation sites (tertiary alicyclic amines) is 1. The van der Waals surface area contributed by atoms with Crippen molar-refractivity contribution < 1.29 is 18.7 Å². The molecule has 1 saturated heterocycles. The Morgan fingerprint density at radius 1 is 1.43 bits per heavy atom. The van der Waals surface area contributed by atoms with E-state index in [-0.39, 0.29) is 18.2 Å². The molecule has 1 aromatic carbocycles. The van der Waals surface area contributed by atoms with Gasteiger partial charge in [-0.3, -0.25) is 9.69 Å². The summed E-state index contributed by atoms with van der Waals surface area (Å²) in [6.07, 6.45) is 0.123. The minimum atomic E-state index is -0.844. The quantitative estimate of drug-likeness (QED) is 0.828. The summed E-state index contributed by atoms with van der Waals surface area (Å²) in [5.74, 6) is -1.94. The Kier molecular flexibility index (Phi) is 5.03. The van der Waals surface area contributed by atoms with Gasteiger partial charge in [0.2, 0.25) is 0 Å². The molecule has 1 aliphatic heterocycles. The molecule has 1 aromatic rings. The smallest absolute Gasteiger partial charge is 0.179 e. The van der Waals surface area contributed by atoms with Crippen molar-refractivity contribution in [1.82, 2.24) is 9.80 Å². The third-order valence-electron chi connectivity index (χ3n) is 3.66. The molecule has 4 nitrogen and oxygen atoms in total. The van der Waals surface area contributed by atoms with Gasteiger partial charge in [-0.05, 0) is 32.6 Å². The fourth-order valence-corrected chi connectivity index (χ4v) is 2.75. The lowest BCUT2D eigenvalue weighted by Crippen LogP contribution is -2.40. The maximum atomic E-state index is 13.6. The first kappa shape index (κ1) is 16.0. The zero-order valence-electron chi connectivity index (χ0n) is 12.2. The topological polar surface area (TPSA) is 43.8 Å². The second-order valence-corrected chi connectivity index (χ2v) is 5.78. The van der Waals surface area contributed by atoms with Crippen LogP contribution in [-0.2, 0) is 0 Å². The van der Waals surface area contributed by atoms with Crippen LogP contribution in [0.3, 0.4) is 0 Å². The Balaban J connectivity index is 2.07. The van der Waals surface area contributed by atoms with Crippen LogP contribution in [0.1, 0.15) is 16.8 Å². The SMILES string of the molecule is CN(C)CC1CC(O)CN1CC(=O)c1ccc(F)cc1F. The molecule has 2 atom stereocenters. The first-order valence-corrected chi connectivity index (χ1v) is 6.92. The van der Waals surface area contributed by atoms with Gasteiger partial charge < -0.3 is 10.0 Å². The van der Waals surface area contributed by atoms with Crippen LogP contribution in [0.25, 0.3) is 0 Å². The highest BCUT2D eigenvalue weighted by Crippen LogP contribution is 2.20. The number of halogens is 2. The van der Waals surface area contributed by atoms with Gasteiger partial charge in [-0.15, -0.1) is 0 Å². The number of ketones is 1. The van der Waals surface area contributed by atoms with Gasteiger partial charge in [-0.25, -0.2) is 8.78 Å². The van der Waals surface area contributed by atoms with Crippen LogP contribution in [0.2, 0.25) is 0 Å². The van der Waals surface area contributed by atoms with E-state index in [0.717, 1.165) is 12.6 Å². The molecule has 1 N–H and O–H groups in total. The predicted octanol–water partition coefficient (Wildman–Crippen LogP) is 1.14. The van der Waals surface area contributed by atoms with E-state index < -0.39 is 23.5 Å². The lowest BCUT2D eigenvalue weighted by atomic mass is 10.1. The molecule has 0 spiro atoms. The lowest BCUT2D eigenvalue weighted by Gasteiger charge is -2.26. The predicted molar refractivity (Wildman–Crippen MR) is 75.2 cm³/mol. The second-order valence-electron chi connectivity index (χ2n) is 5.78. The minimum absolute atomic E-state index is 0.0259. The van der Waals surface area contributed by atoms with Gasteiger partial charge in [0.25, 0.3) is 0 Å². The number of aliphatic hydroxyl groups excluding tert-OH is 1. The van der Waals surface area contributed by atoms with Crippen LogP contribution in [-0.4, -0.2) is 66.6 Å². The minimum Gasteiger partial charge on any atom is -0.392 e. The van der Waals surface area contributed by atoms with Gasteiger partial charge in [0, 0.05) is 25.2 Å². The lowest BCUT2D eigenvalue weighted by molar-refractivity contribution is 0.0898. The summed E-state index contributed by atoms with van der Waals surface area (Å²) < 4.78 is 26.5. The molecule has 2 unspecified atom stereocenters. The maximum absolute atomic E-state index is 13.6. The number of likely N-dealkylation sites (N-methyl/N-ethyl adjacent to an activating group) is 1. The number of Topliss-reactive ketones (excluding diaryl/α,β-unsaturated/α-hetero) is 1. The first-order chi connectivity index (χ1) is 9.86. The molecule has 116 valence electrons. The van der Waals surface area contributed by atoms with Gasteiger partial charge in [-0.2, -0.15) is 0 Å². The number of aliphatic hydroxyl groups is 1. The molecule has 1 heterocycles. The number of carbonyl (C=O) groups excluding carboxylic acids is 1. The van der Waals surface area contributed by atoms with E-state index in [1.54, 1.807) is 0 Å². The fourth-order valence-electron chi connectivity index (χ4n) is 2.75. The molecule has 1 fully saturated rings. The van der Waals surface area contributed by atoms with Crippen molar-refractivity contribution in [1.29, 1.82) is 0 Å². The third-order valence-corrected chi connectivity index (χ3v) is 3.66. The summed E-state index contributed by atoms with van der Waals surface area (Å²) in [5.41, 5.74) is -0.110. The summed E-state index contributed by atoms with van der Waals surface area (Å²) in [6, 6.07) is 3.01. The van der Waals surface area contributed by atoms with Gasteiger partial charge >= 0.3 is 0 Å². The molecule has 0 bridgehead atoms. The second kappa shape index (κ2) is 6.60. The van der Waals surface area contributed by atoms with Crippen molar-refractivity contribution in [3.63, 3.8) is 0 Å². The average Bonchev–Trinajstić information content (AvgIpc) is 2.68. The van der Waals surface area contributed by atoms with Crippen molar-refractivity contribution in [3.8, 4) is 0 Å². The largest absolute Gasteiger partial charge is 0.392 e. The molecule has 21 heavy (non-hydrogen) atoms. The van der Waals surface area contributed by atoms with Gasteiger partial charge in [0.1, 0.15) is 11.6 Å².